The van der Waals surface area contributed by atoms with Gasteiger partial charge in [-0.3, -0.25) is 4.79 Å². The van der Waals surface area contributed by atoms with E-state index < -0.39 is 10.0 Å². The Morgan fingerprint density at radius 1 is 1.12 bits per heavy atom. The van der Waals surface area contributed by atoms with Crippen molar-refractivity contribution >= 4 is 27.1 Å². The van der Waals surface area contributed by atoms with Gasteiger partial charge in [-0.05, 0) is 24.6 Å². The van der Waals surface area contributed by atoms with Crippen LogP contribution in [0, 0.1) is 0 Å². The highest BCUT2D eigenvalue weighted by atomic mass is 32.2. The molecule has 0 atom stereocenters. The van der Waals surface area contributed by atoms with Crippen LogP contribution >= 0.6 is 11.3 Å². The third-order valence-corrected chi connectivity index (χ3v) is 6.18. The Morgan fingerprint density at radius 3 is 2.62 bits per heavy atom. The van der Waals surface area contributed by atoms with E-state index in [0.717, 1.165) is 11.3 Å². The molecule has 1 aromatic heterocycles. The number of thiazole rings is 1. The van der Waals surface area contributed by atoms with Gasteiger partial charge in [-0.2, -0.15) is 0 Å². The van der Waals surface area contributed by atoms with Gasteiger partial charge in [-0.1, -0.05) is 42.5 Å². The standard InChI is InChI=1S/C19H18N2O3S2/c1-14(22)16-8-5-9-18(11-16)26(23,24)21-13-19-20-12-17(25-19)10-15-6-3-2-4-7-15/h2-9,11-12,21H,10,13H2,1H3. The summed E-state index contributed by atoms with van der Waals surface area (Å²) in [6.45, 7) is 1.52. The summed E-state index contributed by atoms with van der Waals surface area (Å²) in [5.41, 5.74) is 1.55. The smallest absolute Gasteiger partial charge is 0.240 e. The monoisotopic (exact) mass is 386 g/mol. The summed E-state index contributed by atoms with van der Waals surface area (Å²) in [7, 11) is -3.70. The fraction of sp³-hybridized carbons (Fsp3) is 0.158. The number of hydrogen-bond donors (Lipinski definition) is 1. The second-order valence-corrected chi connectivity index (χ2v) is 8.76. The first-order valence-corrected chi connectivity index (χ1v) is 10.3. The van der Waals surface area contributed by atoms with Gasteiger partial charge >= 0.3 is 0 Å². The molecule has 0 spiro atoms. The van der Waals surface area contributed by atoms with Crippen molar-refractivity contribution < 1.29 is 13.2 Å². The Hall–Kier alpha value is -2.35. The van der Waals surface area contributed by atoms with E-state index in [1.165, 1.54) is 36.0 Å². The first-order valence-electron chi connectivity index (χ1n) is 8.02. The van der Waals surface area contributed by atoms with Crippen molar-refractivity contribution in [1.29, 1.82) is 0 Å². The van der Waals surface area contributed by atoms with Crippen LogP contribution in [0.3, 0.4) is 0 Å². The molecule has 0 radical (unpaired) electrons. The molecule has 0 fully saturated rings. The number of aromatic nitrogens is 1. The Balaban J connectivity index is 1.67. The summed E-state index contributed by atoms with van der Waals surface area (Å²) in [6, 6.07) is 16.0. The quantitative estimate of drug-likeness (QED) is 0.631. The zero-order chi connectivity index (χ0) is 18.6. The highest BCUT2D eigenvalue weighted by molar-refractivity contribution is 7.89. The van der Waals surface area contributed by atoms with E-state index in [0.29, 0.717) is 10.6 Å². The third-order valence-electron chi connectivity index (χ3n) is 3.79. The van der Waals surface area contributed by atoms with Crippen molar-refractivity contribution in [2.75, 3.05) is 0 Å². The lowest BCUT2D eigenvalue weighted by molar-refractivity contribution is 0.101. The van der Waals surface area contributed by atoms with Gasteiger partial charge in [0.05, 0.1) is 11.4 Å². The van der Waals surface area contributed by atoms with Crippen LogP contribution in [0.2, 0.25) is 0 Å². The summed E-state index contributed by atoms with van der Waals surface area (Å²) in [6.07, 6.45) is 2.55. The maximum Gasteiger partial charge on any atom is 0.240 e. The molecule has 5 nitrogen and oxygen atoms in total. The minimum Gasteiger partial charge on any atom is -0.295 e. The van der Waals surface area contributed by atoms with Gasteiger partial charge in [0.25, 0.3) is 0 Å². The largest absolute Gasteiger partial charge is 0.295 e. The number of nitrogens with zero attached hydrogens (tertiary/aromatic N) is 1. The van der Waals surface area contributed by atoms with E-state index in [1.807, 2.05) is 30.3 Å². The molecule has 3 aromatic rings. The Labute approximate surface area is 156 Å². The van der Waals surface area contributed by atoms with Crippen molar-refractivity contribution in [1.82, 2.24) is 9.71 Å². The van der Waals surface area contributed by atoms with Gasteiger partial charge in [-0.15, -0.1) is 11.3 Å². The predicted octanol–water partition coefficient (Wildman–Crippen LogP) is 3.42. The van der Waals surface area contributed by atoms with Crippen molar-refractivity contribution in [3.8, 4) is 0 Å². The summed E-state index contributed by atoms with van der Waals surface area (Å²) >= 11 is 1.48. The lowest BCUT2D eigenvalue weighted by Crippen LogP contribution is -2.23. The Bertz CT molecular complexity index is 1010. The summed E-state index contributed by atoms with van der Waals surface area (Å²) in [5, 5.41) is 0.697. The Morgan fingerprint density at radius 2 is 1.88 bits per heavy atom. The van der Waals surface area contributed by atoms with Crippen LogP contribution in [-0.2, 0) is 23.0 Å². The molecule has 0 unspecified atom stereocenters. The number of hydrogen-bond acceptors (Lipinski definition) is 5. The molecule has 2 aromatic carbocycles. The number of ketones is 1. The fourth-order valence-corrected chi connectivity index (χ4v) is 4.45. The predicted molar refractivity (Wildman–Crippen MR) is 102 cm³/mol. The minimum atomic E-state index is -3.70. The zero-order valence-corrected chi connectivity index (χ0v) is 15.8. The summed E-state index contributed by atoms with van der Waals surface area (Å²) < 4.78 is 27.4. The highest BCUT2D eigenvalue weighted by Gasteiger charge is 2.16. The van der Waals surface area contributed by atoms with E-state index in [1.54, 1.807) is 18.3 Å². The summed E-state index contributed by atoms with van der Waals surface area (Å²) in [4.78, 5) is 16.9. The van der Waals surface area contributed by atoms with Crippen LogP contribution in [-0.4, -0.2) is 19.2 Å². The Kier molecular flexibility index (Phi) is 5.61. The van der Waals surface area contributed by atoms with E-state index in [4.69, 9.17) is 0 Å². The maximum atomic E-state index is 12.4. The molecule has 134 valence electrons. The van der Waals surface area contributed by atoms with E-state index in [2.05, 4.69) is 9.71 Å². The van der Waals surface area contributed by atoms with Gasteiger partial charge in [0, 0.05) is 23.1 Å². The van der Waals surface area contributed by atoms with E-state index in [9.17, 15) is 13.2 Å². The third kappa shape index (κ3) is 4.63. The van der Waals surface area contributed by atoms with Crippen molar-refractivity contribution in [3.63, 3.8) is 0 Å². The van der Waals surface area contributed by atoms with E-state index in [-0.39, 0.29) is 17.2 Å². The number of nitrogens with one attached hydrogen (secondary N) is 1. The molecule has 0 aliphatic rings. The van der Waals surface area contributed by atoms with Crippen LogP contribution in [0.25, 0.3) is 0 Å². The lowest BCUT2D eigenvalue weighted by atomic mass is 10.1. The first kappa shape index (κ1) is 18.4. The molecule has 3 rings (SSSR count). The molecule has 0 bridgehead atoms. The van der Waals surface area contributed by atoms with Gasteiger partial charge in [0.2, 0.25) is 10.0 Å². The molecular formula is C19H18N2O3S2. The number of carbonyl (C=O) groups is 1. The normalized spacial score (nSPS) is 11.4. The molecule has 0 amide bonds. The minimum absolute atomic E-state index is 0.0752. The fourth-order valence-electron chi connectivity index (χ4n) is 2.43. The molecule has 0 aliphatic carbocycles. The average Bonchev–Trinajstić information content (AvgIpc) is 3.08. The molecule has 1 N–H and O–H groups in total. The summed E-state index contributed by atoms with van der Waals surface area (Å²) in [5.74, 6) is -0.174. The van der Waals surface area contributed by atoms with Gasteiger partial charge < -0.3 is 0 Å². The number of carbonyl (C=O) groups excluding carboxylic acids is 1. The molecular weight excluding hydrogens is 368 g/mol. The van der Waals surface area contributed by atoms with Crippen LogP contribution in [0.1, 0.15) is 32.7 Å². The van der Waals surface area contributed by atoms with Crippen molar-refractivity contribution in [2.45, 2.75) is 24.8 Å². The maximum absolute atomic E-state index is 12.4. The first-order chi connectivity index (χ1) is 12.4. The molecule has 1 heterocycles. The molecule has 26 heavy (non-hydrogen) atoms. The van der Waals surface area contributed by atoms with Gasteiger partial charge in [-0.25, -0.2) is 18.1 Å². The topological polar surface area (TPSA) is 76.1 Å². The zero-order valence-electron chi connectivity index (χ0n) is 14.2. The molecule has 0 saturated heterocycles. The van der Waals surface area contributed by atoms with E-state index >= 15 is 0 Å². The number of sulfonamides is 1. The second kappa shape index (κ2) is 7.90. The van der Waals surface area contributed by atoms with Crippen LogP contribution in [0.4, 0.5) is 0 Å². The average molecular weight is 386 g/mol. The van der Waals surface area contributed by atoms with Gasteiger partial charge in [0.15, 0.2) is 5.78 Å². The van der Waals surface area contributed by atoms with Crippen LogP contribution < -0.4 is 4.72 Å². The highest BCUT2D eigenvalue weighted by Crippen LogP contribution is 2.18. The second-order valence-electron chi connectivity index (χ2n) is 5.79. The van der Waals surface area contributed by atoms with Crippen LogP contribution in [0.15, 0.2) is 65.7 Å². The number of rotatable bonds is 7. The molecule has 0 saturated carbocycles. The number of benzene rings is 2. The molecule has 0 aliphatic heterocycles. The van der Waals surface area contributed by atoms with Crippen LogP contribution in [0.5, 0.6) is 0 Å². The SMILES string of the molecule is CC(=O)c1cccc(S(=O)(=O)NCc2ncc(Cc3ccccc3)s2)c1. The van der Waals surface area contributed by atoms with Gasteiger partial charge in [0.1, 0.15) is 5.01 Å². The number of Topliss-reactive ketones (excluding diaryl/α,β-unsaturated/α-hetero) is 1. The molecule has 7 heteroatoms. The van der Waals surface area contributed by atoms with Crippen molar-refractivity contribution in [2.24, 2.45) is 0 Å². The lowest BCUT2D eigenvalue weighted by Gasteiger charge is -2.06. The van der Waals surface area contributed by atoms with Crippen molar-refractivity contribution in [3.05, 3.63) is 81.8 Å².